The maximum absolute atomic E-state index is 5.30. The standard InChI is InChI=1S/C20H26O2/c1-15(2)19-9-5-17(6-10-19)13-21-22-14-18-7-11-20(12-8-18)16(3)4/h5-12,15-16H,13-14H2,1-4H3. The van der Waals surface area contributed by atoms with Crippen molar-refractivity contribution in [2.75, 3.05) is 0 Å². The first-order valence-corrected chi connectivity index (χ1v) is 7.98. The summed E-state index contributed by atoms with van der Waals surface area (Å²) in [6.45, 7) is 9.72. The van der Waals surface area contributed by atoms with Crippen LogP contribution in [0.1, 0.15) is 61.8 Å². The zero-order valence-corrected chi connectivity index (χ0v) is 14.0. The van der Waals surface area contributed by atoms with Gasteiger partial charge in [0.25, 0.3) is 0 Å². The van der Waals surface area contributed by atoms with E-state index in [1.54, 1.807) is 0 Å². The lowest BCUT2D eigenvalue weighted by molar-refractivity contribution is -0.313. The molecule has 118 valence electrons. The van der Waals surface area contributed by atoms with Gasteiger partial charge in [0.15, 0.2) is 0 Å². The van der Waals surface area contributed by atoms with E-state index in [1.807, 2.05) is 0 Å². The van der Waals surface area contributed by atoms with Crippen LogP contribution in [0.15, 0.2) is 48.5 Å². The highest BCUT2D eigenvalue weighted by molar-refractivity contribution is 5.25. The molecule has 2 nitrogen and oxygen atoms in total. The van der Waals surface area contributed by atoms with Gasteiger partial charge in [-0.1, -0.05) is 76.2 Å². The summed E-state index contributed by atoms with van der Waals surface area (Å²) < 4.78 is 0. The maximum atomic E-state index is 5.30. The average molecular weight is 298 g/mol. The summed E-state index contributed by atoms with van der Waals surface area (Å²) in [6, 6.07) is 17.0. The van der Waals surface area contributed by atoms with Crippen LogP contribution < -0.4 is 0 Å². The molecule has 0 spiro atoms. The average Bonchev–Trinajstić information content (AvgIpc) is 2.52. The second-order valence-corrected chi connectivity index (χ2v) is 6.32. The lowest BCUT2D eigenvalue weighted by atomic mass is 10.0. The molecule has 0 atom stereocenters. The Morgan fingerprint density at radius 3 is 1.18 bits per heavy atom. The molecule has 0 aliphatic rings. The van der Waals surface area contributed by atoms with E-state index < -0.39 is 0 Å². The first-order chi connectivity index (χ1) is 10.6. The van der Waals surface area contributed by atoms with Gasteiger partial charge in [-0.25, -0.2) is 9.78 Å². The normalized spacial score (nSPS) is 11.4. The van der Waals surface area contributed by atoms with Crippen molar-refractivity contribution in [2.24, 2.45) is 0 Å². The smallest absolute Gasteiger partial charge is 0.107 e. The van der Waals surface area contributed by atoms with E-state index >= 15 is 0 Å². The minimum absolute atomic E-state index is 0.475. The van der Waals surface area contributed by atoms with Crippen LogP contribution in [0.2, 0.25) is 0 Å². The van der Waals surface area contributed by atoms with Crippen LogP contribution in [0.5, 0.6) is 0 Å². The molecule has 22 heavy (non-hydrogen) atoms. The third-order valence-electron chi connectivity index (χ3n) is 3.83. The molecule has 0 aromatic heterocycles. The highest BCUT2D eigenvalue weighted by Crippen LogP contribution is 2.16. The monoisotopic (exact) mass is 298 g/mol. The molecule has 0 saturated carbocycles. The Morgan fingerprint density at radius 1 is 0.591 bits per heavy atom. The molecule has 2 rings (SSSR count). The van der Waals surface area contributed by atoms with Gasteiger partial charge < -0.3 is 0 Å². The van der Waals surface area contributed by atoms with Crippen molar-refractivity contribution in [1.82, 2.24) is 0 Å². The van der Waals surface area contributed by atoms with Crippen molar-refractivity contribution < 1.29 is 9.78 Å². The Hall–Kier alpha value is -1.64. The Morgan fingerprint density at radius 2 is 0.909 bits per heavy atom. The van der Waals surface area contributed by atoms with Crippen LogP contribution >= 0.6 is 0 Å². The minimum atomic E-state index is 0.475. The van der Waals surface area contributed by atoms with Crippen LogP contribution in [0.25, 0.3) is 0 Å². The Labute approximate surface area is 134 Å². The lowest BCUT2D eigenvalue weighted by Gasteiger charge is -2.08. The van der Waals surface area contributed by atoms with Crippen LogP contribution in [0, 0.1) is 0 Å². The topological polar surface area (TPSA) is 18.5 Å². The highest BCUT2D eigenvalue weighted by Gasteiger charge is 2.01. The zero-order valence-electron chi connectivity index (χ0n) is 14.0. The number of rotatable bonds is 7. The fourth-order valence-corrected chi connectivity index (χ4v) is 2.22. The van der Waals surface area contributed by atoms with Crippen molar-refractivity contribution >= 4 is 0 Å². The van der Waals surface area contributed by atoms with Crippen LogP contribution in [-0.4, -0.2) is 0 Å². The molecule has 0 saturated heterocycles. The zero-order chi connectivity index (χ0) is 15.9. The molecular weight excluding hydrogens is 272 g/mol. The largest absolute Gasteiger partial charge is 0.232 e. The van der Waals surface area contributed by atoms with Crippen LogP contribution in [-0.2, 0) is 23.0 Å². The molecule has 0 amide bonds. The fourth-order valence-electron chi connectivity index (χ4n) is 2.22. The van der Waals surface area contributed by atoms with E-state index in [2.05, 4.69) is 76.2 Å². The van der Waals surface area contributed by atoms with E-state index in [0.29, 0.717) is 25.0 Å². The maximum Gasteiger partial charge on any atom is 0.107 e. The Kier molecular flexibility index (Phi) is 6.17. The van der Waals surface area contributed by atoms with E-state index in [4.69, 9.17) is 9.78 Å². The van der Waals surface area contributed by atoms with Gasteiger partial charge >= 0.3 is 0 Å². The predicted molar refractivity (Wildman–Crippen MR) is 90.6 cm³/mol. The first kappa shape index (κ1) is 16.7. The Bertz CT molecular complexity index is 500. The summed E-state index contributed by atoms with van der Waals surface area (Å²) in [7, 11) is 0. The molecule has 0 bridgehead atoms. The van der Waals surface area contributed by atoms with Crippen molar-refractivity contribution in [3.05, 3.63) is 70.8 Å². The molecule has 2 aromatic carbocycles. The molecule has 0 N–H and O–H groups in total. The van der Waals surface area contributed by atoms with Gasteiger partial charge in [0, 0.05) is 0 Å². The molecule has 0 unspecified atom stereocenters. The van der Waals surface area contributed by atoms with E-state index in [9.17, 15) is 0 Å². The van der Waals surface area contributed by atoms with Gasteiger partial charge in [0.1, 0.15) is 13.2 Å². The predicted octanol–water partition coefficient (Wildman–Crippen LogP) is 5.58. The molecule has 0 aliphatic carbocycles. The SMILES string of the molecule is CC(C)c1ccc(COOCc2ccc(C(C)C)cc2)cc1. The fraction of sp³-hybridized carbons (Fsp3) is 0.400. The van der Waals surface area contributed by atoms with Crippen LogP contribution in [0.3, 0.4) is 0 Å². The van der Waals surface area contributed by atoms with E-state index in [1.165, 1.54) is 11.1 Å². The second kappa shape index (κ2) is 8.11. The quantitative estimate of drug-likeness (QED) is 0.377. The van der Waals surface area contributed by atoms with Crippen LogP contribution in [0.4, 0.5) is 0 Å². The Balaban J connectivity index is 1.74. The van der Waals surface area contributed by atoms with Gasteiger partial charge in [0.05, 0.1) is 0 Å². The number of benzene rings is 2. The molecule has 0 heterocycles. The van der Waals surface area contributed by atoms with Gasteiger partial charge in [0.2, 0.25) is 0 Å². The summed E-state index contributed by atoms with van der Waals surface area (Å²) in [5.41, 5.74) is 4.93. The molecule has 2 heteroatoms. The third kappa shape index (κ3) is 4.97. The van der Waals surface area contributed by atoms with Crippen molar-refractivity contribution in [2.45, 2.75) is 52.7 Å². The molecule has 0 radical (unpaired) electrons. The van der Waals surface area contributed by atoms with Crippen molar-refractivity contribution in [3.8, 4) is 0 Å². The molecular formula is C20H26O2. The number of hydrogen-bond donors (Lipinski definition) is 0. The number of hydrogen-bond acceptors (Lipinski definition) is 2. The highest BCUT2D eigenvalue weighted by atomic mass is 17.2. The van der Waals surface area contributed by atoms with Gasteiger partial charge in [-0.05, 0) is 34.1 Å². The van der Waals surface area contributed by atoms with Gasteiger partial charge in [-0.2, -0.15) is 0 Å². The van der Waals surface area contributed by atoms with Gasteiger partial charge in [-0.15, -0.1) is 0 Å². The summed E-state index contributed by atoms with van der Waals surface area (Å²) in [4.78, 5) is 10.6. The molecule has 0 fully saturated rings. The third-order valence-corrected chi connectivity index (χ3v) is 3.83. The van der Waals surface area contributed by atoms with E-state index in [0.717, 1.165) is 11.1 Å². The second-order valence-electron chi connectivity index (χ2n) is 6.32. The van der Waals surface area contributed by atoms with Gasteiger partial charge in [-0.3, -0.25) is 0 Å². The summed E-state index contributed by atoms with van der Waals surface area (Å²) >= 11 is 0. The summed E-state index contributed by atoms with van der Waals surface area (Å²) in [5, 5.41) is 0. The summed E-state index contributed by atoms with van der Waals surface area (Å²) in [6.07, 6.45) is 0. The lowest BCUT2D eigenvalue weighted by Crippen LogP contribution is -1.97. The molecule has 2 aromatic rings. The molecule has 0 aliphatic heterocycles. The minimum Gasteiger partial charge on any atom is -0.232 e. The van der Waals surface area contributed by atoms with Crippen molar-refractivity contribution in [1.29, 1.82) is 0 Å². The van der Waals surface area contributed by atoms with E-state index in [-0.39, 0.29) is 0 Å². The van der Waals surface area contributed by atoms with Crippen molar-refractivity contribution in [3.63, 3.8) is 0 Å². The first-order valence-electron chi connectivity index (χ1n) is 7.98. The summed E-state index contributed by atoms with van der Waals surface area (Å²) in [5.74, 6) is 1.11.